The van der Waals surface area contributed by atoms with Crippen molar-refractivity contribution in [3.8, 4) is 5.75 Å². The molecule has 5 heterocycles. The van der Waals surface area contributed by atoms with Gasteiger partial charge < -0.3 is 19.7 Å². The lowest BCUT2D eigenvalue weighted by atomic mass is 9.68. The van der Waals surface area contributed by atoms with Crippen LogP contribution in [0.25, 0.3) is 10.9 Å². The van der Waals surface area contributed by atoms with Gasteiger partial charge in [0.05, 0.1) is 25.5 Å². The molecule has 1 atom stereocenters. The van der Waals surface area contributed by atoms with Gasteiger partial charge in [-0.1, -0.05) is 12.1 Å². The zero-order chi connectivity index (χ0) is 25.4. The summed E-state index contributed by atoms with van der Waals surface area (Å²) < 4.78 is 5.49. The summed E-state index contributed by atoms with van der Waals surface area (Å²) >= 11 is 0. The summed E-state index contributed by atoms with van der Waals surface area (Å²) in [6, 6.07) is 17.4. The van der Waals surface area contributed by atoms with Gasteiger partial charge in [0.15, 0.2) is 0 Å². The van der Waals surface area contributed by atoms with E-state index in [1.54, 1.807) is 19.4 Å². The van der Waals surface area contributed by atoms with Gasteiger partial charge in [-0.05, 0) is 54.8 Å². The number of nitrogens with one attached hydrogen (secondary N) is 1. The van der Waals surface area contributed by atoms with Crippen LogP contribution in [0, 0.1) is 0 Å². The van der Waals surface area contributed by atoms with E-state index in [4.69, 9.17) is 4.74 Å². The fourth-order valence-electron chi connectivity index (χ4n) is 6.18. The maximum atomic E-state index is 13.1. The van der Waals surface area contributed by atoms with Crippen molar-refractivity contribution in [3.05, 3.63) is 89.6 Å². The van der Waals surface area contributed by atoms with Crippen LogP contribution in [-0.2, 0) is 12.0 Å². The Bertz CT molecular complexity index is 1400. The minimum Gasteiger partial charge on any atom is -0.497 e. The summed E-state index contributed by atoms with van der Waals surface area (Å²) in [4.78, 5) is 29.9. The SMILES string of the molecule is COc1ccc2c3c([nH]c2c1)[C@@H](CO)N(Cc1ccccn1)CC31CCN(C(=O)c2ccccn2)CC1. The van der Waals surface area contributed by atoms with E-state index in [0.717, 1.165) is 47.4 Å². The highest BCUT2D eigenvalue weighted by Gasteiger charge is 2.48. The first-order chi connectivity index (χ1) is 18.1. The summed E-state index contributed by atoms with van der Waals surface area (Å²) in [5, 5.41) is 11.7. The predicted molar refractivity (Wildman–Crippen MR) is 140 cm³/mol. The zero-order valence-corrected chi connectivity index (χ0v) is 20.9. The molecule has 6 rings (SSSR count). The molecule has 0 aliphatic carbocycles. The quantitative estimate of drug-likeness (QED) is 0.437. The number of fused-ring (bicyclic) bond motifs is 4. The Morgan fingerprint density at radius 1 is 1.11 bits per heavy atom. The third-order valence-electron chi connectivity index (χ3n) is 8.00. The molecule has 37 heavy (non-hydrogen) atoms. The van der Waals surface area contributed by atoms with Gasteiger partial charge in [-0.3, -0.25) is 19.7 Å². The van der Waals surface area contributed by atoms with Crippen LogP contribution in [0.5, 0.6) is 5.75 Å². The molecule has 1 aromatic carbocycles. The molecule has 4 aromatic rings. The smallest absolute Gasteiger partial charge is 0.272 e. The standard InChI is InChI=1S/C29H31N5O3/c1-37-21-8-9-22-24(16-21)32-27-25(18-35)34(17-20-6-2-4-12-30-20)19-29(26(22)27)10-14-33(15-11-29)28(36)23-7-3-5-13-31-23/h2-9,12-13,16,25,32,35H,10-11,14-15,17-19H2,1H3/t25-/m1/s1. The van der Waals surface area contributed by atoms with Gasteiger partial charge in [-0.15, -0.1) is 0 Å². The molecule has 2 N–H and O–H groups in total. The fraction of sp³-hybridized carbons (Fsp3) is 0.345. The largest absolute Gasteiger partial charge is 0.497 e. The van der Waals surface area contributed by atoms with Crippen LogP contribution >= 0.6 is 0 Å². The van der Waals surface area contributed by atoms with Crippen LogP contribution in [0.3, 0.4) is 0 Å². The van der Waals surface area contributed by atoms with E-state index in [0.29, 0.717) is 25.3 Å². The second kappa shape index (κ2) is 9.61. The Morgan fingerprint density at radius 2 is 1.89 bits per heavy atom. The van der Waals surface area contributed by atoms with E-state index in [1.807, 2.05) is 53.6 Å². The number of pyridine rings is 2. The second-order valence-electron chi connectivity index (χ2n) is 10.0. The number of nitrogens with zero attached hydrogens (tertiary/aromatic N) is 4. The number of H-pyrrole nitrogens is 1. The van der Waals surface area contributed by atoms with Crippen LogP contribution in [0.15, 0.2) is 67.0 Å². The van der Waals surface area contributed by atoms with Gasteiger partial charge in [0.2, 0.25) is 0 Å². The Kier molecular flexibility index (Phi) is 6.14. The van der Waals surface area contributed by atoms with Crippen molar-refractivity contribution < 1.29 is 14.6 Å². The van der Waals surface area contributed by atoms with Crippen molar-refractivity contribution in [2.24, 2.45) is 0 Å². The molecule has 8 nitrogen and oxygen atoms in total. The molecule has 1 fully saturated rings. The van der Waals surface area contributed by atoms with Crippen molar-refractivity contribution in [2.75, 3.05) is 33.4 Å². The molecule has 0 bridgehead atoms. The van der Waals surface area contributed by atoms with Crippen LogP contribution in [0.1, 0.15) is 46.3 Å². The number of amides is 1. The van der Waals surface area contributed by atoms with Gasteiger partial charge in [0.1, 0.15) is 11.4 Å². The van der Waals surface area contributed by atoms with Crippen LogP contribution < -0.4 is 4.74 Å². The van der Waals surface area contributed by atoms with E-state index in [-0.39, 0.29) is 24.0 Å². The molecular weight excluding hydrogens is 466 g/mol. The van der Waals surface area contributed by atoms with E-state index in [2.05, 4.69) is 25.9 Å². The highest BCUT2D eigenvalue weighted by Crippen LogP contribution is 2.49. The Balaban J connectivity index is 1.39. The number of likely N-dealkylation sites (tertiary alicyclic amines) is 1. The van der Waals surface area contributed by atoms with E-state index >= 15 is 0 Å². The van der Waals surface area contributed by atoms with Gasteiger partial charge in [0, 0.05) is 66.7 Å². The van der Waals surface area contributed by atoms with Crippen molar-refractivity contribution >= 4 is 16.8 Å². The molecule has 2 aliphatic heterocycles. The second-order valence-corrected chi connectivity index (χ2v) is 10.0. The maximum absolute atomic E-state index is 13.1. The number of hydrogen-bond donors (Lipinski definition) is 2. The summed E-state index contributed by atoms with van der Waals surface area (Å²) in [7, 11) is 1.67. The minimum absolute atomic E-state index is 0.00412. The Hall–Kier alpha value is -3.75. The number of benzene rings is 1. The maximum Gasteiger partial charge on any atom is 0.272 e. The first-order valence-corrected chi connectivity index (χ1v) is 12.8. The zero-order valence-electron chi connectivity index (χ0n) is 20.9. The molecule has 1 spiro atoms. The molecule has 1 amide bonds. The molecule has 3 aromatic heterocycles. The Morgan fingerprint density at radius 3 is 2.57 bits per heavy atom. The van der Waals surface area contributed by atoms with Crippen molar-refractivity contribution in [3.63, 3.8) is 0 Å². The van der Waals surface area contributed by atoms with E-state index in [1.165, 1.54) is 5.56 Å². The topological polar surface area (TPSA) is 94.6 Å². The Labute approximate surface area is 215 Å². The van der Waals surface area contributed by atoms with Crippen molar-refractivity contribution in [2.45, 2.75) is 30.8 Å². The number of carbonyl (C=O) groups excluding carboxylic acids is 1. The first kappa shape index (κ1) is 23.6. The summed E-state index contributed by atoms with van der Waals surface area (Å²) in [6.07, 6.45) is 5.13. The van der Waals surface area contributed by atoms with Crippen LogP contribution in [0.2, 0.25) is 0 Å². The lowest BCUT2D eigenvalue weighted by Gasteiger charge is -2.50. The molecule has 8 heteroatoms. The number of ether oxygens (including phenoxy) is 1. The van der Waals surface area contributed by atoms with Gasteiger partial charge >= 0.3 is 0 Å². The van der Waals surface area contributed by atoms with Gasteiger partial charge in [0.25, 0.3) is 5.91 Å². The molecule has 0 unspecified atom stereocenters. The molecule has 0 saturated carbocycles. The molecular formula is C29H31N5O3. The van der Waals surface area contributed by atoms with Gasteiger partial charge in [-0.2, -0.15) is 0 Å². The molecule has 2 aliphatic rings. The number of hydrogen-bond acceptors (Lipinski definition) is 6. The number of aliphatic hydroxyl groups is 1. The summed E-state index contributed by atoms with van der Waals surface area (Å²) in [5.74, 6) is 0.774. The average molecular weight is 498 g/mol. The minimum atomic E-state index is -0.172. The number of aromatic amines is 1. The number of aromatic nitrogens is 3. The first-order valence-electron chi connectivity index (χ1n) is 12.8. The number of methoxy groups -OCH3 is 1. The van der Waals surface area contributed by atoms with E-state index in [9.17, 15) is 9.90 Å². The number of carbonyl (C=O) groups is 1. The fourth-order valence-corrected chi connectivity index (χ4v) is 6.18. The lowest BCUT2D eigenvalue weighted by Crippen LogP contribution is -2.54. The monoisotopic (exact) mass is 497 g/mol. The number of aliphatic hydroxyl groups excluding tert-OH is 1. The molecule has 1 saturated heterocycles. The predicted octanol–water partition coefficient (Wildman–Crippen LogP) is 3.69. The van der Waals surface area contributed by atoms with E-state index < -0.39 is 0 Å². The average Bonchev–Trinajstić information content (AvgIpc) is 3.34. The highest BCUT2D eigenvalue weighted by molar-refractivity contribution is 5.92. The van der Waals surface area contributed by atoms with Crippen LogP contribution in [0.4, 0.5) is 0 Å². The van der Waals surface area contributed by atoms with Gasteiger partial charge in [-0.25, -0.2) is 0 Å². The molecule has 0 radical (unpaired) electrons. The normalized spacial score (nSPS) is 19.2. The van der Waals surface area contributed by atoms with Crippen molar-refractivity contribution in [1.29, 1.82) is 0 Å². The number of rotatable bonds is 5. The third kappa shape index (κ3) is 4.16. The third-order valence-corrected chi connectivity index (χ3v) is 8.00. The summed E-state index contributed by atoms with van der Waals surface area (Å²) in [6.45, 7) is 2.73. The lowest BCUT2D eigenvalue weighted by molar-refractivity contribution is 0.0379. The molecule has 190 valence electrons. The number of piperidine rings is 1. The highest BCUT2D eigenvalue weighted by atomic mass is 16.5. The summed E-state index contributed by atoms with van der Waals surface area (Å²) in [5.41, 5.74) is 4.63. The van der Waals surface area contributed by atoms with Crippen LogP contribution in [-0.4, -0.2) is 69.1 Å². The van der Waals surface area contributed by atoms with Crippen molar-refractivity contribution in [1.82, 2.24) is 24.8 Å².